The number of fused-ring (bicyclic) bond motifs is 1. The molecule has 0 bridgehead atoms. The molecule has 1 aromatic heterocycles. The van der Waals surface area contributed by atoms with Crippen molar-refractivity contribution in [1.82, 2.24) is 9.71 Å². The zero-order valence-corrected chi connectivity index (χ0v) is 15.6. The third-order valence-corrected chi connectivity index (χ3v) is 5.49. The number of pyridine rings is 1. The summed E-state index contributed by atoms with van der Waals surface area (Å²) in [5, 5.41) is 3.81. The lowest BCUT2D eigenvalue weighted by Crippen LogP contribution is -2.30. The van der Waals surface area contributed by atoms with Gasteiger partial charge in [0, 0.05) is 17.1 Å². The predicted molar refractivity (Wildman–Crippen MR) is 104 cm³/mol. The smallest absolute Gasteiger partial charge is 0.272 e. The first kappa shape index (κ1) is 18.8. The van der Waals surface area contributed by atoms with E-state index >= 15 is 0 Å². The number of hydrogen-bond acceptors (Lipinski definition) is 4. The summed E-state index contributed by atoms with van der Waals surface area (Å²) in [7, 11) is -3.60. The number of H-pyrrole nitrogens is 1. The van der Waals surface area contributed by atoms with Gasteiger partial charge in [0.05, 0.1) is 4.90 Å². The summed E-state index contributed by atoms with van der Waals surface area (Å²) in [6.45, 7) is 3.47. The first-order chi connectivity index (χ1) is 12.8. The lowest BCUT2D eigenvalue weighted by atomic mass is 10.1. The number of aromatic amines is 1. The van der Waals surface area contributed by atoms with Gasteiger partial charge in [0.1, 0.15) is 5.69 Å². The van der Waals surface area contributed by atoms with Crippen molar-refractivity contribution >= 4 is 32.4 Å². The molecule has 140 valence electrons. The van der Waals surface area contributed by atoms with Gasteiger partial charge in [0.2, 0.25) is 10.0 Å². The molecule has 0 aliphatic carbocycles. The van der Waals surface area contributed by atoms with Crippen LogP contribution in [-0.2, 0) is 10.0 Å². The first-order valence-corrected chi connectivity index (χ1v) is 9.80. The fourth-order valence-corrected chi connectivity index (χ4v) is 3.88. The zero-order chi connectivity index (χ0) is 19.6. The number of benzene rings is 2. The number of hydrogen-bond donors (Lipinski definition) is 3. The highest BCUT2D eigenvalue weighted by atomic mass is 32.2. The van der Waals surface area contributed by atoms with Gasteiger partial charge in [0.25, 0.3) is 11.5 Å². The Bertz CT molecular complexity index is 1150. The van der Waals surface area contributed by atoms with Crippen molar-refractivity contribution in [1.29, 1.82) is 0 Å². The Morgan fingerprint density at radius 2 is 1.70 bits per heavy atom. The highest BCUT2D eigenvalue weighted by Crippen LogP contribution is 2.16. The molecule has 7 nitrogen and oxygen atoms in total. The molecule has 27 heavy (non-hydrogen) atoms. The van der Waals surface area contributed by atoms with Gasteiger partial charge in [-0.2, -0.15) is 0 Å². The molecule has 3 rings (SSSR count). The number of sulfonamides is 1. The number of rotatable bonds is 5. The fraction of sp³-hybridized carbons (Fsp3) is 0.158. The van der Waals surface area contributed by atoms with Gasteiger partial charge in [-0.3, -0.25) is 9.59 Å². The van der Waals surface area contributed by atoms with Crippen LogP contribution in [0.25, 0.3) is 10.8 Å². The average Bonchev–Trinajstić information content (AvgIpc) is 2.61. The summed E-state index contributed by atoms with van der Waals surface area (Å²) in [6.07, 6.45) is 0. The summed E-state index contributed by atoms with van der Waals surface area (Å²) in [6, 6.07) is 14.1. The van der Waals surface area contributed by atoms with Crippen LogP contribution in [0.15, 0.2) is 64.3 Å². The number of aromatic nitrogens is 1. The van der Waals surface area contributed by atoms with E-state index in [9.17, 15) is 18.0 Å². The standard InChI is InChI=1S/C19H19N3O4S/c1-12(2)22-27(25,26)15-9-7-14(8-10-15)20-19(24)17-11-13-5-3-4-6-16(13)18(23)21-17/h3-12,22H,1-2H3,(H,20,24)(H,21,23). The van der Waals surface area contributed by atoms with Crippen molar-refractivity contribution < 1.29 is 13.2 Å². The van der Waals surface area contributed by atoms with E-state index in [1.165, 1.54) is 24.3 Å². The molecular formula is C19H19N3O4S. The van der Waals surface area contributed by atoms with Crippen LogP contribution in [-0.4, -0.2) is 25.4 Å². The second-order valence-corrected chi connectivity index (χ2v) is 8.07. The zero-order valence-electron chi connectivity index (χ0n) is 14.8. The summed E-state index contributed by atoms with van der Waals surface area (Å²) >= 11 is 0. The third kappa shape index (κ3) is 4.24. The van der Waals surface area contributed by atoms with E-state index in [4.69, 9.17) is 0 Å². The van der Waals surface area contributed by atoms with Crippen molar-refractivity contribution in [2.24, 2.45) is 0 Å². The lowest BCUT2D eigenvalue weighted by Gasteiger charge is -2.10. The van der Waals surface area contributed by atoms with Crippen molar-refractivity contribution in [3.05, 3.63) is 70.6 Å². The summed E-state index contributed by atoms with van der Waals surface area (Å²) in [4.78, 5) is 27.2. The molecule has 3 N–H and O–H groups in total. The van der Waals surface area contributed by atoms with Crippen LogP contribution in [0.4, 0.5) is 5.69 Å². The molecule has 0 radical (unpaired) electrons. The Balaban J connectivity index is 1.82. The molecule has 0 aliphatic rings. The number of carbonyl (C=O) groups excluding carboxylic acids is 1. The number of amides is 1. The fourth-order valence-electron chi connectivity index (χ4n) is 2.63. The second-order valence-electron chi connectivity index (χ2n) is 6.35. The molecule has 0 fully saturated rings. The van der Waals surface area contributed by atoms with Crippen molar-refractivity contribution in [2.75, 3.05) is 5.32 Å². The van der Waals surface area contributed by atoms with Crippen molar-refractivity contribution in [3.63, 3.8) is 0 Å². The molecular weight excluding hydrogens is 366 g/mol. The maximum absolute atomic E-state index is 12.4. The Kier molecular flexibility index (Phi) is 5.11. The monoisotopic (exact) mass is 385 g/mol. The van der Waals surface area contributed by atoms with Crippen LogP contribution < -0.4 is 15.6 Å². The minimum absolute atomic E-state index is 0.105. The average molecular weight is 385 g/mol. The molecule has 0 atom stereocenters. The Morgan fingerprint density at radius 1 is 1.04 bits per heavy atom. The van der Waals surface area contributed by atoms with Gasteiger partial charge in [-0.25, -0.2) is 13.1 Å². The molecule has 0 saturated heterocycles. The highest BCUT2D eigenvalue weighted by molar-refractivity contribution is 7.89. The summed E-state index contributed by atoms with van der Waals surface area (Å²) in [5.41, 5.74) is 0.189. The number of anilines is 1. The highest BCUT2D eigenvalue weighted by Gasteiger charge is 2.15. The van der Waals surface area contributed by atoms with Gasteiger partial charge in [-0.05, 0) is 55.6 Å². The SMILES string of the molecule is CC(C)NS(=O)(=O)c1ccc(NC(=O)c2cc3ccccc3c(=O)[nH]2)cc1. The molecule has 1 amide bonds. The maximum Gasteiger partial charge on any atom is 0.272 e. The van der Waals surface area contributed by atoms with E-state index in [0.29, 0.717) is 16.5 Å². The minimum atomic E-state index is -3.60. The van der Waals surface area contributed by atoms with Crippen LogP contribution in [0.5, 0.6) is 0 Å². The van der Waals surface area contributed by atoms with Crippen molar-refractivity contribution in [3.8, 4) is 0 Å². The van der Waals surface area contributed by atoms with Crippen LogP contribution >= 0.6 is 0 Å². The Morgan fingerprint density at radius 3 is 2.37 bits per heavy atom. The van der Waals surface area contributed by atoms with Gasteiger partial charge < -0.3 is 10.3 Å². The second kappa shape index (κ2) is 7.34. The number of nitrogens with one attached hydrogen (secondary N) is 3. The summed E-state index contributed by atoms with van der Waals surface area (Å²) in [5.74, 6) is -0.492. The van der Waals surface area contributed by atoms with Crippen molar-refractivity contribution in [2.45, 2.75) is 24.8 Å². The Labute approximate surface area is 156 Å². The van der Waals surface area contributed by atoms with E-state index in [2.05, 4.69) is 15.0 Å². The van der Waals surface area contributed by atoms with Crippen LogP contribution in [0.2, 0.25) is 0 Å². The first-order valence-electron chi connectivity index (χ1n) is 8.32. The largest absolute Gasteiger partial charge is 0.321 e. The number of carbonyl (C=O) groups is 1. The van der Waals surface area contributed by atoms with E-state index in [1.54, 1.807) is 44.2 Å². The van der Waals surface area contributed by atoms with Crippen LogP contribution in [0.3, 0.4) is 0 Å². The predicted octanol–water partition coefficient (Wildman–Crippen LogP) is 2.47. The summed E-state index contributed by atoms with van der Waals surface area (Å²) < 4.78 is 26.7. The molecule has 0 aliphatic heterocycles. The van der Waals surface area contributed by atoms with Gasteiger partial charge in [0.15, 0.2) is 0 Å². The van der Waals surface area contributed by atoms with E-state index in [1.807, 2.05) is 0 Å². The Hall–Kier alpha value is -2.97. The normalized spacial score (nSPS) is 11.7. The van der Waals surface area contributed by atoms with Gasteiger partial charge in [-0.1, -0.05) is 18.2 Å². The molecule has 3 aromatic rings. The minimum Gasteiger partial charge on any atom is -0.321 e. The molecule has 1 heterocycles. The molecule has 8 heteroatoms. The third-order valence-electron chi connectivity index (χ3n) is 3.81. The van der Waals surface area contributed by atoms with Crippen LogP contribution in [0, 0.1) is 0 Å². The lowest BCUT2D eigenvalue weighted by molar-refractivity contribution is 0.102. The van der Waals surface area contributed by atoms with Crippen LogP contribution in [0.1, 0.15) is 24.3 Å². The molecule has 0 spiro atoms. The molecule has 0 unspecified atom stereocenters. The van der Waals surface area contributed by atoms with Gasteiger partial charge >= 0.3 is 0 Å². The molecule has 0 saturated carbocycles. The van der Waals surface area contributed by atoms with E-state index < -0.39 is 15.9 Å². The van der Waals surface area contributed by atoms with Gasteiger partial charge in [-0.15, -0.1) is 0 Å². The topological polar surface area (TPSA) is 108 Å². The van der Waals surface area contributed by atoms with E-state index in [-0.39, 0.29) is 22.2 Å². The molecule has 2 aromatic carbocycles. The quantitative estimate of drug-likeness (QED) is 0.627. The van der Waals surface area contributed by atoms with E-state index in [0.717, 1.165) is 0 Å². The maximum atomic E-state index is 12.4.